The number of carboxylic acids is 1. The Morgan fingerprint density at radius 1 is 1.39 bits per heavy atom. The van der Waals surface area contributed by atoms with Gasteiger partial charge in [-0.25, -0.2) is 4.79 Å². The van der Waals surface area contributed by atoms with Gasteiger partial charge in [-0.05, 0) is 19.3 Å². The minimum atomic E-state index is -1.07. The van der Waals surface area contributed by atoms with Gasteiger partial charge in [0, 0.05) is 20.8 Å². The molecule has 0 aromatic rings. The summed E-state index contributed by atoms with van der Waals surface area (Å²) in [6.45, 7) is 0.541. The molecule has 1 fully saturated rings. The number of rotatable bonds is 8. The van der Waals surface area contributed by atoms with Gasteiger partial charge < -0.3 is 19.9 Å². The Morgan fingerprint density at radius 2 is 2.06 bits per heavy atom. The molecule has 6 heteroatoms. The van der Waals surface area contributed by atoms with Gasteiger partial charge in [0.25, 0.3) is 0 Å². The summed E-state index contributed by atoms with van der Waals surface area (Å²) in [5, 5.41) is 11.5. The van der Waals surface area contributed by atoms with E-state index in [1.165, 1.54) is 7.11 Å². The zero-order valence-corrected chi connectivity index (χ0v) is 10.9. The highest BCUT2D eigenvalue weighted by atomic mass is 16.5. The molecule has 1 unspecified atom stereocenters. The Balaban J connectivity index is 2.45. The molecule has 1 atom stereocenters. The topological polar surface area (TPSA) is 84.9 Å². The summed E-state index contributed by atoms with van der Waals surface area (Å²) in [6.07, 6.45) is 2.40. The lowest BCUT2D eigenvalue weighted by atomic mass is 9.66. The molecule has 1 saturated carbocycles. The summed E-state index contributed by atoms with van der Waals surface area (Å²) in [7, 11) is 2.92. The summed E-state index contributed by atoms with van der Waals surface area (Å²) in [5.74, 6) is -1.16. The van der Waals surface area contributed by atoms with E-state index in [1.807, 2.05) is 0 Å². The first-order valence-electron chi connectivity index (χ1n) is 6.08. The van der Waals surface area contributed by atoms with Crippen molar-refractivity contribution in [1.82, 2.24) is 5.32 Å². The van der Waals surface area contributed by atoms with E-state index in [4.69, 9.17) is 14.6 Å². The van der Waals surface area contributed by atoms with E-state index in [2.05, 4.69) is 5.32 Å². The van der Waals surface area contributed by atoms with Gasteiger partial charge in [0.05, 0.1) is 12.0 Å². The van der Waals surface area contributed by atoms with Crippen molar-refractivity contribution in [3.05, 3.63) is 0 Å². The van der Waals surface area contributed by atoms with Crippen molar-refractivity contribution in [2.75, 3.05) is 27.4 Å². The number of carbonyl (C=O) groups is 2. The molecule has 0 aromatic carbocycles. The molecule has 1 amide bonds. The Hall–Kier alpha value is -1.14. The van der Waals surface area contributed by atoms with E-state index in [0.29, 0.717) is 13.0 Å². The average Bonchev–Trinajstić information content (AvgIpc) is 2.28. The summed E-state index contributed by atoms with van der Waals surface area (Å²) in [5.41, 5.74) is -0.368. The van der Waals surface area contributed by atoms with Crippen molar-refractivity contribution in [3.8, 4) is 0 Å². The maximum Gasteiger partial charge on any atom is 0.334 e. The number of aliphatic carboxylic acids is 1. The molecule has 18 heavy (non-hydrogen) atoms. The van der Waals surface area contributed by atoms with Crippen LogP contribution in [0, 0.1) is 5.41 Å². The molecule has 1 rings (SSSR count). The molecule has 1 aliphatic rings. The molecule has 6 nitrogen and oxygen atoms in total. The summed E-state index contributed by atoms with van der Waals surface area (Å²) >= 11 is 0. The van der Waals surface area contributed by atoms with Crippen molar-refractivity contribution < 1.29 is 24.2 Å². The van der Waals surface area contributed by atoms with Crippen molar-refractivity contribution >= 4 is 11.9 Å². The predicted octanol–water partition coefficient (Wildman–Crippen LogP) is 0.409. The zero-order valence-electron chi connectivity index (χ0n) is 10.9. The van der Waals surface area contributed by atoms with Crippen LogP contribution in [0.25, 0.3) is 0 Å². The number of nitrogens with one attached hydrogen (secondary N) is 1. The molecule has 0 aromatic heterocycles. The Bertz CT molecular complexity index is 301. The highest BCUT2D eigenvalue weighted by Crippen LogP contribution is 2.44. The lowest BCUT2D eigenvalue weighted by Crippen LogP contribution is -2.49. The molecule has 0 bridgehead atoms. The van der Waals surface area contributed by atoms with Gasteiger partial charge in [0.2, 0.25) is 5.91 Å². The van der Waals surface area contributed by atoms with E-state index in [1.54, 1.807) is 7.11 Å². The highest BCUT2D eigenvalue weighted by Gasteiger charge is 2.43. The van der Waals surface area contributed by atoms with Gasteiger partial charge >= 0.3 is 5.97 Å². The minimum absolute atomic E-state index is 0.000596. The zero-order chi connectivity index (χ0) is 13.6. The fourth-order valence-electron chi connectivity index (χ4n) is 2.14. The summed E-state index contributed by atoms with van der Waals surface area (Å²) in [4.78, 5) is 22.8. The van der Waals surface area contributed by atoms with Gasteiger partial charge in [-0.1, -0.05) is 6.42 Å². The molecule has 1 aliphatic carbocycles. The van der Waals surface area contributed by atoms with E-state index in [0.717, 1.165) is 19.3 Å². The number of methoxy groups -OCH3 is 2. The van der Waals surface area contributed by atoms with Crippen LogP contribution in [-0.2, 0) is 19.1 Å². The van der Waals surface area contributed by atoms with Crippen molar-refractivity contribution in [3.63, 3.8) is 0 Å². The number of hydrogen-bond acceptors (Lipinski definition) is 4. The van der Waals surface area contributed by atoms with Crippen molar-refractivity contribution in [2.45, 2.75) is 31.8 Å². The van der Waals surface area contributed by atoms with Gasteiger partial charge in [-0.15, -0.1) is 0 Å². The SMILES string of the molecule is COCCC1(C(=O)NCC(OC)C(=O)O)CCC1. The number of amides is 1. The first-order chi connectivity index (χ1) is 8.55. The standard InChI is InChI=1S/C12H21NO5/c1-17-7-6-12(4-3-5-12)11(16)13-8-9(18-2)10(14)15/h9H,3-8H2,1-2H3,(H,13,16)(H,14,15). The first-order valence-corrected chi connectivity index (χ1v) is 6.08. The second kappa shape index (κ2) is 6.70. The lowest BCUT2D eigenvalue weighted by Gasteiger charge is -2.40. The van der Waals surface area contributed by atoms with Crippen molar-refractivity contribution in [2.24, 2.45) is 5.41 Å². The third-order valence-electron chi connectivity index (χ3n) is 3.59. The quantitative estimate of drug-likeness (QED) is 0.659. The minimum Gasteiger partial charge on any atom is -0.479 e. The lowest BCUT2D eigenvalue weighted by molar-refractivity contribution is -0.149. The first kappa shape index (κ1) is 14.9. The normalized spacial score (nSPS) is 18.8. The molecule has 104 valence electrons. The monoisotopic (exact) mass is 259 g/mol. The van der Waals surface area contributed by atoms with Crippen LogP contribution in [0.4, 0.5) is 0 Å². The fourth-order valence-corrected chi connectivity index (χ4v) is 2.14. The van der Waals surface area contributed by atoms with E-state index in [9.17, 15) is 9.59 Å². The van der Waals surface area contributed by atoms with Gasteiger partial charge in [-0.2, -0.15) is 0 Å². The van der Waals surface area contributed by atoms with Crippen LogP contribution < -0.4 is 5.32 Å². The van der Waals surface area contributed by atoms with Crippen LogP contribution >= 0.6 is 0 Å². The summed E-state index contributed by atoms with van der Waals surface area (Å²) < 4.78 is 9.78. The van der Waals surface area contributed by atoms with E-state index in [-0.39, 0.29) is 17.9 Å². The maximum atomic E-state index is 12.1. The number of ether oxygens (including phenoxy) is 2. The number of carbonyl (C=O) groups excluding carboxylic acids is 1. The summed E-state index contributed by atoms with van der Waals surface area (Å²) in [6, 6.07) is 0. The van der Waals surface area contributed by atoms with E-state index >= 15 is 0 Å². The molecular weight excluding hydrogens is 238 g/mol. The molecule has 0 aliphatic heterocycles. The van der Waals surface area contributed by atoms with Crippen LogP contribution in [0.3, 0.4) is 0 Å². The number of hydrogen-bond donors (Lipinski definition) is 2. The highest BCUT2D eigenvalue weighted by molar-refractivity contribution is 5.84. The Labute approximate surface area is 107 Å². The number of carboxylic acid groups (broad SMARTS) is 1. The molecular formula is C12H21NO5. The Morgan fingerprint density at radius 3 is 2.44 bits per heavy atom. The van der Waals surface area contributed by atoms with Gasteiger partial charge in [-0.3, -0.25) is 4.79 Å². The van der Waals surface area contributed by atoms with Gasteiger partial charge in [0.15, 0.2) is 6.10 Å². The van der Waals surface area contributed by atoms with Crippen LogP contribution in [0.15, 0.2) is 0 Å². The average molecular weight is 259 g/mol. The Kier molecular flexibility index (Phi) is 5.55. The third kappa shape index (κ3) is 3.43. The smallest absolute Gasteiger partial charge is 0.334 e. The maximum absolute atomic E-state index is 12.1. The van der Waals surface area contributed by atoms with Crippen LogP contribution in [0.5, 0.6) is 0 Å². The fraction of sp³-hybridized carbons (Fsp3) is 0.833. The second-order valence-electron chi connectivity index (χ2n) is 4.65. The van der Waals surface area contributed by atoms with Gasteiger partial charge in [0.1, 0.15) is 0 Å². The molecule has 2 N–H and O–H groups in total. The van der Waals surface area contributed by atoms with Crippen LogP contribution in [-0.4, -0.2) is 50.5 Å². The predicted molar refractivity (Wildman–Crippen MR) is 64.2 cm³/mol. The van der Waals surface area contributed by atoms with Crippen LogP contribution in [0.1, 0.15) is 25.7 Å². The van der Waals surface area contributed by atoms with Crippen molar-refractivity contribution in [1.29, 1.82) is 0 Å². The largest absolute Gasteiger partial charge is 0.479 e. The third-order valence-corrected chi connectivity index (χ3v) is 3.59. The molecule has 0 saturated heterocycles. The molecule has 0 spiro atoms. The molecule has 0 heterocycles. The van der Waals surface area contributed by atoms with E-state index < -0.39 is 12.1 Å². The second-order valence-corrected chi connectivity index (χ2v) is 4.65. The van der Waals surface area contributed by atoms with Crippen LogP contribution in [0.2, 0.25) is 0 Å². The molecule has 0 radical (unpaired) electrons.